The van der Waals surface area contributed by atoms with Crippen molar-refractivity contribution in [1.29, 1.82) is 0 Å². The molecular weight excluding hydrogens is 284 g/mol. The summed E-state index contributed by atoms with van der Waals surface area (Å²) in [6.45, 7) is 6.64. The lowest BCUT2D eigenvalue weighted by molar-refractivity contribution is 0.0935. The van der Waals surface area contributed by atoms with Crippen LogP contribution >= 0.6 is 11.6 Å². The minimum absolute atomic E-state index is 0.106. The second kappa shape index (κ2) is 8.71. The molecule has 1 aromatic rings. The van der Waals surface area contributed by atoms with Crippen molar-refractivity contribution < 1.29 is 4.79 Å². The van der Waals surface area contributed by atoms with E-state index in [-0.39, 0.29) is 18.5 Å². The van der Waals surface area contributed by atoms with E-state index in [1.54, 1.807) is 18.2 Å². The summed E-state index contributed by atoms with van der Waals surface area (Å²) in [5.41, 5.74) is 6.57. The second-order valence-corrected chi connectivity index (χ2v) is 5.73. The number of nitrogens with one attached hydrogen (secondary N) is 1. The van der Waals surface area contributed by atoms with E-state index in [1.165, 1.54) is 0 Å². The first-order valence-electron chi connectivity index (χ1n) is 7.27. The second-order valence-electron chi connectivity index (χ2n) is 5.32. The number of halogens is 1. The predicted octanol–water partition coefficient (Wildman–Crippen LogP) is 3.20. The monoisotopic (exact) mass is 306 g/mol. The first-order chi connectivity index (χ1) is 9.97. The molecule has 2 unspecified atom stereocenters. The van der Waals surface area contributed by atoms with E-state index < -0.39 is 0 Å². The summed E-state index contributed by atoms with van der Waals surface area (Å²) in [6, 6.07) is 5.27. The van der Waals surface area contributed by atoms with Gasteiger partial charge in [-0.3, -0.25) is 4.79 Å². The zero-order valence-electron chi connectivity index (χ0n) is 12.9. The van der Waals surface area contributed by atoms with Crippen LogP contribution in [0.5, 0.6) is 0 Å². The van der Waals surface area contributed by atoms with E-state index in [9.17, 15) is 4.79 Å². The molecule has 0 spiro atoms. The molecule has 0 bridgehead atoms. The molecule has 2 atom stereocenters. The third-order valence-electron chi connectivity index (χ3n) is 3.39. The van der Waals surface area contributed by atoms with Crippen molar-refractivity contribution in [3.05, 3.63) is 34.3 Å². The third kappa shape index (κ3) is 5.79. The standard InChI is InChI=1S/C17H23ClN2O/c1-4-12(2)10-13(3)20-17(21)15-8-7-14(6-5-9-19)16(18)11-15/h7-8,11-13H,4,9-10,19H2,1-3H3,(H,20,21). The average molecular weight is 307 g/mol. The summed E-state index contributed by atoms with van der Waals surface area (Å²) >= 11 is 6.13. The summed E-state index contributed by atoms with van der Waals surface area (Å²) in [5, 5.41) is 3.47. The highest BCUT2D eigenvalue weighted by Gasteiger charge is 2.13. The molecule has 0 heterocycles. The van der Waals surface area contributed by atoms with Crippen LogP contribution in [0.25, 0.3) is 0 Å². The molecule has 1 aromatic carbocycles. The smallest absolute Gasteiger partial charge is 0.251 e. The number of amides is 1. The molecule has 0 radical (unpaired) electrons. The van der Waals surface area contributed by atoms with Crippen LogP contribution in [0.4, 0.5) is 0 Å². The van der Waals surface area contributed by atoms with E-state index in [1.807, 2.05) is 6.92 Å². The summed E-state index contributed by atoms with van der Waals surface area (Å²) in [4.78, 5) is 12.2. The summed E-state index contributed by atoms with van der Waals surface area (Å²) in [5.74, 6) is 6.11. The Balaban J connectivity index is 2.73. The van der Waals surface area contributed by atoms with Crippen LogP contribution in [0, 0.1) is 17.8 Å². The molecule has 4 heteroatoms. The Kier molecular flexibility index (Phi) is 7.28. The summed E-state index contributed by atoms with van der Waals surface area (Å²) in [6.07, 6.45) is 2.08. The van der Waals surface area contributed by atoms with Crippen molar-refractivity contribution in [3.8, 4) is 11.8 Å². The molecule has 0 fully saturated rings. The van der Waals surface area contributed by atoms with Gasteiger partial charge in [0.1, 0.15) is 0 Å². The van der Waals surface area contributed by atoms with Crippen LogP contribution in [0.3, 0.4) is 0 Å². The van der Waals surface area contributed by atoms with Gasteiger partial charge in [-0.2, -0.15) is 0 Å². The SMILES string of the molecule is CCC(C)CC(C)NC(=O)c1ccc(C#CCN)c(Cl)c1. The minimum Gasteiger partial charge on any atom is -0.350 e. The van der Waals surface area contributed by atoms with Crippen LogP contribution in [-0.4, -0.2) is 18.5 Å². The van der Waals surface area contributed by atoms with Gasteiger partial charge in [0.25, 0.3) is 5.91 Å². The number of carbonyl (C=O) groups is 1. The van der Waals surface area contributed by atoms with Gasteiger partial charge in [0.05, 0.1) is 11.6 Å². The van der Waals surface area contributed by atoms with Crippen LogP contribution in [0.2, 0.25) is 5.02 Å². The highest BCUT2D eigenvalue weighted by atomic mass is 35.5. The molecule has 1 amide bonds. The van der Waals surface area contributed by atoms with Gasteiger partial charge in [0.15, 0.2) is 0 Å². The number of hydrogen-bond acceptors (Lipinski definition) is 2. The maximum absolute atomic E-state index is 12.2. The highest BCUT2D eigenvalue weighted by Crippen LogP contribution is 2.17. The van der Waals surface area contributed by atoms with E-state index in [0.717, 1.165) is 12.8 Å². The Bertz CT molecular complexity index is 545. The first kappa shape index (κ1) is 17.6. The largest absolute Gasteiger partial charge is 0.350 e. The molecular formula is C17H23ClN2O. The molecule has 3 nitrogen and oxygen atoms in total. The van der Waals surface area contributed by atoms with Crippen LogP contribution in [0.15, 0.2) is 18.2 Å². The normalized spacial score (nSPS) is 13.0. The van der Waals surface area contributed by atoms with Crippen molar-refractivity contribution in [2.45, 2.75) is 39.7 Å². The molecule has 0 saturated heterocycles. The Morgan fingerprint density at radius 2 is 2.14 bits per heavy atom. The van der Waals surface area contributed by atoms with Gasteiger partial charge in [-0.15, -0.1) is 0 Å². The molecule has 0 aliphatic rings. The molecule has 3 N–H and O–H groups in total. The van der Waals surface area contributed by atoms with E-state index in [4.69, 9.17) is 17.3 Å². The Morgan fingerprint density at radius 3 is 2.71 bits per heavy atom. The van der Waals surface area contributed by atoms with Crippen molar-refractivity contribution >= 4 is 17.5 Å². The Labute approximate surface area is 132 Å². The van der Waals surface area contributed by atoms with Gasteiger partial charge < -0.3 is 11.1 Å². The zero-order chi connectivity index (χ0) is 15.8. The lowest BCUT2D eigenvalue weighted by atomic mass is 10.00. The average Bonchev–Trinajstić information content (AvgIpc) is 2.45. The fraction of sp³-hybridized carbons (Fsp3) is 0.471. The van der Waals surface area contributed by atoms with E-state index in [2.05, 4.69) is 31.0 Å². The maximum atomic E-state index is 12.2. The minimum atomic E-state index is -0.106. The van der Waals surface area contributed by atoms with Gasteiger partial charge in [-0.1, -0.05) is 43.7 Å². The van der Waals surface area contributed by atoms with Gasteiger partial charge >= 0.3 is 0 Å². The number of nitrogens with two attached hydrogens (primary N) is 1. The van der Waals surface area contributed by atoms with Gasteiger partial charge in [0, 0.05) is 17.2 Å². The van der Waals surface area contributed by atoms with Crippen molar-refractivity contribution in [1.82, 2.24) is 5.32 Å². The van der Waals surface area contributed by atoms with Crippen molar-refractivity contribution in [2.75, 3.05) is 6.54 Å². The molecule has 0 aliphatic heterocycles. The molecule has 21 heavy (non-hydrogen) atoms. The lowest BCUT2D eigenvalue weighted by Gasteiger charge is -2.17. The van der Waals surface area contributed by atoms with E-state index in [0.29, 0.717) is 22.1 Å². The zero-order valence-corrected chi connectivity index (χ0v) is 13.6. The summed E-state index contributed by atoms with van der Waals surface area (Å²) in [7, 11) is 0. The molecule has 0 aromatic heterocycles. The fourth-order valence-electron chi connectivity index (χ4n) is 2.04. The van der Waals surface area contributed by atoms with Crippen LogP contribution in [0.1, 0.15) is 49.5 Å². The number of hydrogen-bond donors (Lipinski definition) is 2. The van der Waals surface area contributed by atoms with Gasteiger partial charge in [0.2, 0.25) is 0 Å². The third-order valence-corrected chi connectivity index (χ3v) is 3.70. The van der Waals surface area contributed by atoms with Gasteiger partial charge in [-0.25, -0.2) is 0 Å². The molecule has 0 aliphatic carbocycles. The molecule has 0 saturated carbocycles. The Morgan fingerprint density at radius 1 is 1.43 bits per heavy atom. The maximum Gasteiger partial charge on any atom is 0.251 e. The lowest BCUT2D eigenvalue weighted by Crippen LogP contribution is -2.33. The Hall–Kier alpha value is -1.50. The van der Waals surface area contributed by atoms with Crippen molar-refractivity contribution in [3.63, 3.8) is 0 Å². The van der Waals surface area contributed by atoms with Crippen molar-refractivity contribution in [2.24, 2.45) is 11.7 Å². The van der Waals surface area contributed by atoms with E-state index >= 15 is 0 Å². The molecule has 114 valence electrons. The number of rotatable bonds is 5. The topological polar surface area (TPSA) is 55.1 Å². The summed E-state index contributed by atoms with van der Waals surface area (Å²) < 4.78 is 0. The first-order valence-corrected chi connectivity index (χ1v) is 7.65. The molecule has 1 rings (SSSR count). The predicted molar refractivity (Wildman–Crippen MR) is 88.4 cm³/mol. The number of benzene rings is 1. The van der Waals surface area contributed by atoms with Crippen LogP contribution in [-0.2, 0) is 0 Å². The van der Waals surface area contributed by atoms with Gasteiger partial charge in [-0.05, 0) is 37.5 Å². The number of carbonyl (C=O) groups excluding carboxylic acids is 1. The highest BCUT2D eigenvalue weighted by molar-refractivity contribution is 6.32. The van der Waals surface area contributed by atoms with Crippen LogP contribution < -0.4 is 11.1 Å². The quantitative estimate of drug-likeness (QED) is 0.821. The fourth-order valence-corrected chi connectivity index (χ4v) is 2.27.